The molecule has 5 nitrogen and oxygen atoms in total. The van der Waals surface area contributed by atoms with Crippen LogP contribution in [0.5, 0.6) is 0 Å². The van der Waals surface area contributed by atoms with E-state index >= 15 is 0 Å². The fourth-order valence-corrected chi connectivity index (χ4v) is 1.81. The number of carbonyl (C=O) groups is 1. The molecule has 0 aliphatic heterocycles. The van der Waals surface area contributed by atoms with E-state index in [1.807, 2.05) is 18.2 Å². The highest BCUT2D eigenvalue weighted by Gasteiger charge is 2.16. The number of ether oxygens (including phenoxy) is 1. The Morgan fingerprint density at radius 1 is 1.59 bits per heavy atom. The molecule has 0 saturated heterocycles. The lowest BCUT2D eigenvalue weighted by Gasteiger charge is -2.13. The third-order valence-electron chi connectivity index (χ3n) is 2.62. The molecule has 1 aromatic carbocycles. The Bertz CT molecular complexity index is 520. The van der Waals surface area contributed by atoms with Gasteiger partial charge in [-0.15, -0.1) is 0 Å². The van der Waals surface area contributed by atoms with E-state index in [0.29, 0.717) is 12.2 Å². The van der Waals surface area contributed by atoms with Crippen molar-refractivity contribution in [2.75, 3.05) is 13.7 Å². The monoisotopic (exact) mass is 235 g/mol. The molecular weight excluding hydrogens is 222 g/mol. The molecule has 90 valence electrons. The van der Waals surface area contributed by atoms with Crippen molar-refractivity contribution < 1.29 is 19.1 Å². The van der Waals surface area contributed by atoms with Crippen molar-refractivity contribution >= 4 is 17.1 Å². The molecule has 1 heterocycles. The first-order valence-electron chi connectivity index (χ1n) is 5.24. The maximum atomic E-state index is 10.8. The lowest BCUT2D eigenvalue weighted by molar-refractivity contribution is -0.137. The summed E-state index contributed by atoms with van der Waals surface area (Å²) < 4.78 is 10.2. The van der Waals surface area contributed by atoms with Crippen LogP contribution in [0.3, 0.4) is 0 Å². The van der Waals surface area contributed by atoms with E-state index in [4.69, 9.17) is 14.3 Å². The largest absolute Gasteiger partial charge is 0.481 e. The van der Waals surface area contributed by atoms with Crippen LogP contribution in [0.25, 0.3) is 11.1 Å². The Kier molecular flexibility index (Phi) is 3.39. The minimum Gasteiger partial charge on any atom is -0.481 e. The Morgan fingerprint density at radius 2 is 2.41 bits per heavy atom. The first-order valence-corrected chi connectivity index (χ1v) is 5.24. The number of carboxylic acid groups (broad SMARTS) is 1. The van der Waals surface area contributed by atoms with Crippen molar-refractivity contribution in [2.24, 2.45) is 0 Å². The highest BCUT2D eigenvalue weighted by molar-refractivity contribution is 5.74. The Balaban J connectivity index is 2.29. The number of aliphatic carboxylic acids is 1. The lowest BCUT2D eigenvalue weighted by atomic mass is 9.96. The van der Waals surface area contributed by atoms with Crippen molar-refractivity contribution in [1.82, 2.24) is 4.98 Å². The molecule has 1 unspecified atom stereocenters. The SMILES string of the molecule is COCC(CC(=O)O)c1ccc2ncoc2c1. The minimum atomic E-state index is -0.843. The van der Waals surface area contributed by atoms with E-state index in [1.165, 1.54) is 6.39 Å². The van der Waals surface area contributed by atoms with Gasteiger partial charge in [-0.1, -0.05) is 6.07 Å². The van der Waals surface area contributed by atoms with Crippen LogP contribution in [0, 0.1) is 0 Å². The van der Waals surface area contributed by atoms with Gasteiger partial charge in [-0.25, -0.2) is 4.98 Å². The van der Waals surface area contributed by atoms with Gasteiger partial charge in [0.1, 0.15) is 5.52 Å². The Labute approximate surface area is 98.0 Å². The predicted molar refractivity (Wildman–Crippen MR) is 60.9 cm³/mol. The summed E-state index contributed by atoms with van der Waals surface area (Å²) >= 11 is 0. The second kappa shape index (κ2) is 4.97. The molecule has 0 aliphatic carbocycles. The first-order chi connectivity index (χ1) is 8.20. The number of hydrogen-bond donors (Lipinski definition) is 1. The topological polar surface area (TPSA) is 72.6 Å². The van der Waals surface area contributed by atoms with Crippen LogP contribution >= 0.6 is 0 Å². The first kappa shape index (κ1) is 11.6. The van der Waals surface area contributed by atoms with Crippen molar-refractivity contribution in [3.05, 3.63) is 30.2 Å². The zero-order valence-electron chi connectivity index (χ0n) is 9.42. The smallest absolute Gasteiger partial charge is 0.304 e. The number of fused-ring (bicyclic) bond motifs is 1. The number of hydrogen-bond acceptors (Lipinski definition) is 4. The molecule has 2 rings (SSSR count). The molecule has 0 spiro atoms. The summed E-state index contributed by atoms with van der Waals surface area (Å²) in [5.74, 6) is -1.02. The van der Waals surface area contributed by atoms with Gasteiger partial charge in [-0.2, -0.15) is 0 Å². The van der Waals surface area contributed by atoms with Gasteiger partial charge in [-0.3, -0.25) is 4.79 Å². The average molecular weight is 235 g/mol. The van der Waals surface area contributed by atoms with Gasteiger partial charge < -0.3 is 14.3 Å². The van der Waals surface area contributed by atoms with Gasteiger partial charge >= 0.3 is 5.97 Å². The normalized spacial score (nSPS) is 12.8. The summed E-state index contributed by atoms with van der Waals surface area (Å²) in [6.45, 7) is 0.367. The zero-order valence-corrected chi connectivity index (χ0v) is 9.42. The molecule has 0 saturated carbocycles. The van der Waals surface area contributed by atoms with E-state index in [-0.39, 0.29) is 12.3 Å². The quantitative estimate of drug-likeness (QED) is 0.858. The molecular formula is C12H13NO4. The van der Waals surface area contributed by atoms with Crippen LogP contribution in [-0.4, -0.2) is 29.8 Å². The van der Waals surface area contributed by atoms with Crippen LogP contribution in [0.4, 0.5) is 0 Å². The molecule has 5 heteroatoms. The fraction of sp³-hybridized carbons (Fsp3) is 0.333. The Morgan fingerprint density at radius 3 is 3.12 bits per heavy atom. The van der Waals surface area contributed by atoms with Gasteiger partial charge in [-0.05, 0) is 17.7 Å². The number of methoxy groups -OCH3 is 1. The summed E-state index contributed by atoms with van der Waals surface area (Å²) in [4.78, 5) is 14.8. The van der Waals surface area contributed by atoms with Crippen LogP contribution < -0.4 is 0 Å². The summed E-state index contributed by atoms with van der Waals surface area (Å²) in [6, 6.07) is 5.49. The molecule has 0 aliphatic rings. The second-order valence-corrected chi connectivity index (χ2v) is 3.83. The lowest BCUT2D eigenvalue weighted by Crippen LogP contribution is -2.11. The van der Waals surface area contributed by atoms with Crippen LogP contribution in [0.15, 0.2) is 29.0 Å². The maximum Gasteiger partial charge on any atom is 0.304 e. The third kappa shape index (κ3) is 2.62. The molecule has 0 bridgehead atoms. The number of nitrogens with zero attached hydrogens (tertiary/aromatic N) is 1. The zero-order chi connectivity index (χ0) is 12.3. The molecule has 2 aromatic rings. The number of rotatable bonds is 5. The van der Waals surface area contributed by atoms with Crippen LogP contribution in [-0.2, 0) is 9.53 Å². The average Bonchev–Trinajstić information content (AvgIpc) is 2.74. The van der Waals surface area contributed by atoms with Crippen LogP contribution in [0.2, 0.25) is 0 Å². The van der Waals surface area contributed by atoms with E-state index < -0.39 is 5.97 Å². The van der Waals surface area contributed by atoms with E-state index in [2.05, 4.69) is 4.98 Å². The summed E-state index contributed by atoms with van der Waals surface area (Å²) in [7, 11) is 1.56. The fourth-order valence-electron chi connectivity index (χ4n) is 1.81. The minimum absolute atomic E-state index is 0.0352. The summed E-state index contributed by atoms with van der Waals surface area (Å²) in [5.41, 5.74) is 2.31. The summed E-state index contributed by atoms with van der Waals surface area (Å²) in [5, 5.41) is 8.85. The number of oxazole rings is 1. The highest BCUT2D eigenvalue weighted by Crippen LogP contribution is 2.24. The molecule has 17 heavy (non-hydrogen) atoms. The molecule has 1 aromatic heterocycles. The maximum absolute atomic E-state index is 10.8. The molecule has 0 fully saturated rings. The molecule has 1 atom stereocenters. The number of aromatic nitrogens is 1. The summed E-state index contributed by atoms with van der Waals surface area (Å²) in [6.07, 6.45) is 1.41. The van der Waals surface area contributed by atoms with Crippen molar-refractivity contribution in [3.63, 3.8) is 0 Å². The van der Waals surface area contributed by atoms with Gasteiger partial charge in [0, 0.05) is 13.0 Å². The van der Waals surface area contributed by atoms with Crippen molar-refractivity contribution in [3.8, 4) is 0 Å². The molecule has 1 N–H and O–H groups in total. The van der Waals surface area contributed by atoms with E-state index in [1.54, 1.807) is 7.11 Å². The standard InChI is InChI=1S/C12H13NO4/c1-16-6-9(5-12(14)15)8-2-3-10-11(4-8)17-7-13-10/h2-4,7,9H,5-6H2,1H3,(H,14,15). The van der Waals surface area contributed by atoms with Gasteiger partial charge in [0.15, 0.2) is 12.0 Å². The predicted octanol–water partition coefficient (Wildman–Crippen LogP) is 2.03. The second-order valence-electron chi connectivity index (χ2n) is 3.83. The van der Waals surface area contributed by atoms with Crippen molar-refractivity contribution in [1.29, 1.82) is 0 Å². The van der Waals surface area contributed by atoms with E-state index in [9.17, 15) is 4.79 Å². The Hall–Kier alpha value is -1.88. The van der Waals surface area contributed by atoms with E-state index in [0.717, 1.165) is 11.1 Å². The highest BCUT2D eigenvalue weighted by atomic mass is 16.5. The molecule has 0 radical (unpaired) electrons. The van der Waals surface area contributed by atoms with Crippen molar-refractivity contribution in [2.45, 2.75) is 12.3 Å². The van der Waals surface area contributed by atoms with Crippen LogP contribution in [0.1, 0.15) is 17.9 Å². The molecule has 0 amide bonds. The number of benzene rings is 1. The van der Waals surface area contributed by atoms with Gasteiger partial charge in [0.25, 0.3) is 0 Å². The number of carboxylic acids is 1. The van der Waals surface area contributed by atoms with Gasteiger partial charge in [0.2, 0.25) is 0 Å². The van der Waals surface area contributed by atoms with Gasteiger partial charge in [0.05, 0.1) is 13.0 Å². The third-order valence-corrected chi connectivity index (χ3v) is 2.62.